The van der Waals surface area contributed by atoms with Gasteiger partial charge in [0.1, 0.15) is 30.3 Å². The largest absolute Gasteiger partial charge is 0.489 e. The maximum atomic E-state index is 6.27. The highest BCUT2D eigenvalue weighted by molar-refractivity contribution is 5.75. The predicted molar refractivity (Wildman–Crippen MR) is 90.1 cm³/mol. The lowest BCUT2D eigenvalue weighted by Gasteiger charge is -2.45. The van der Waals surface area contributed by atoms with Crippen LogP contribution in [-0.2, 0) is 15.0 Å². The average molecular weight is 338 g/mol. The molecule has 1 aromatic carbocycles. The standard InChI is InChI=1S/C18H18N4O3/c19-17-22-18(9-24-17)13-5-11(12-6-20-10-21-7-12)1-2-15(13)25-16-3-4-23-8-14(16)18/h1-2,5-7,10,14,16H,3-4,8-9H2,(H2,19,22)/t14?,16?,18-/m0/s1. The van der Waals surface area contributed by atoms with Crippen molar-refractivity contribution in [1.29, 1.82) is 0 Å². The van der Waals surface area contributed by atoms with E-state index in [4.69, 9.17) is 24.9 Å². The van der Waals surface area contributed by atoms with Gasteiger partial charge in [-0.1, -0.05) is 6.07 Å². The number of hydrogen-bond donors (Lipinski definition) is 1. The normalized spacial score (nSPS) is 30.0. The molecule has 2 unspecified atom stereocenters. The van der Waals surface area contributed by atoms with Crippen LogP contribution < -0.4 is 10.5 Å². The Morgan fingerprint density at radius 3 is 2.84 bits per heavy atom. The molecular formula is C18H18N4O3. The first kappa shape index (κ1) is 14.7. The maximum absolute atomic E-state index is 6.27. The zero-order valence-electron chi connectivity index (χ0n) is 13.6. The Labute approximate surface area is 144 Å². The first-order valence-corrected chi connectivity index (χ1v) is 8.39. The molecule has 1 fully saturated rings. The average Bonchev–Trinajstić information content (AvgIpc) is 3.05. The third kappa shape index (κ3) is 2.19. The number of amidine groups is 1. The summed E-state index contributed by atoms with van der Waals surface area (Å²) >= 11 is 0. The summed E-state index contributed by atoms with van der Waals surface area (Å²) in [5, 5.41) is 0. The van der Waals surface area contributed by atoms with Gasteiger partial charge in [-0.05, 0) is 17.7 Å². The number of fused-ring (bicyclic) bond motifs is 4. The van der Waals surface area contributed by atoms with Crippen LogP contribution in [0.2, 0.25) is 0 Å². The van der Waals surface area contributed by atoms with Crippen LogP contribution >= 0.6 is 0 Å². The van der Waals surface area contributed by atoms with E-state index in [0.29, 0.717) is 19.8 Å². The molecule has 7 heteroatoms. The second-order valence-electron chi connectivity index (χ2n) is 6.63. The molecule has 4 heterocycles. The highest BCUT2D eigenvalue weighted by Crippen LogP contribution is 2.50. The van der Waals surface area contributed by atoms with Gasteiger partial charge in [-0.25, -0.2) is 15.0 Å². The van der Waals surface area contributed by atoms with E-state index in [1.165, 1.54) is 6.33 Å². The minimum Gasteiger partial charge on any atom is -0.489 e. The van der Waals surface area contributed by atoms with Crippen molar-refractivity contribution in [2.24, 2.45) is 16.6 Å². The third-order valence-corrected chi connectivity index (χ3v) is 5.27. The van der Waals surface area contributed by atoms with Crippen molar-refractivity contribution in [2.45, 2.75) is 18.1 Å². The van der Waals surface area contributed by atoms with Crippen LogP contribution in [-0.4, -0.2) is 41.9 Å². The number of rotatable bonds is 1. The van der Waals surface area contributed by atoms with Crippen molar-refractivity contribution in [3.05, 3.63) is 42.5 Å². The molecule has 3 aliphatic rings. The summed E-state index contributed by atoms with van der Waals surface area (Å²) in [6.07, 6.45) is 6.01. The van der Waals surface area contributed by atoms with E-state index in [9.17, 15) is 0 Å². The molecule has 1 spiro atoms. The SMILES string of the molecule is NC1=N[C@@]2(CO1)c1cc(-c3cncnc3)ccc1OC1CCOCC12. The van der Waals surface area contributed by atoms with Crippen LogP contribution in [0.5, 0.6) is 5.75 Å². The molecule has 0 saturated carbocycles. The second kappa shape index (κ2) is 5.42. The Kier molecular flexibility index (Phi) is 3.18. The van der Waals surface area contributed by atoms with Gasteiger partial charge in [0, 0.05) is 29.9 Å². The number of aromatic nitrogens is 2. The maximum Gasteiger partial charge on any atom is 0.283 e. The summed E-state index contributed by atoms with van der Waals surface area (Å²) in [7, 11) is 0. The highest BCUT2D eigenvalue weighted by atomic mass is 16.5. The minimum atomic E-state index is -0.561. The summed E-state index contributed by atoms with van der Waals surface area (Å²) in [6, 6.07) is 6.33. The summed E-state index contributed by atoms with van der Waals surface area (Å²) < 4.78 is 17.6. The molecule has 2 N–H and O–H groups in total. The summed E-state index contributed by atoms with van der Waals surface area (Å²) in [6.45, 7) is 1.70. The number of ether oxygens (including phenoxy) is 3. The highest BCUT2D eigenvalue weighted by Gasteiger charge is 2.54. The van der Waals surface area contributed by atoms with E-state index in [0.717, 1.165) is 28.9 Å². The van der Waals surface area contributed by atoms with Crippen molar-refractivity contribution < 1.29 is 14.2 Å². The lowest BCUT2D eigenvalue weighted by molar-refractivity contribution is -0.0726. The Morgan fingerprint density at radius 2 is 2.04 bits per heavy atom. The lowest BCUT2D eigenvalue weighted by atomic mass is 9.72. The molecule has 128 valence electrons. The molecule has 3 aliphatic heterocycles. The Hall–Kier alpha value is -2.67. The van der Waals surface area contributed by atoms with Gasteiger partial charge in [0.05, 0.1) is 19.1 Å². The topological polar surface area (TPSA) is 91.9 Å². The van der Waals surface area contributed by atoms with E-state index in [-0.39, 0.29) is 18.0 Å². The molecule has 0 aliphatic carbocycles. The molecule has 25 heavy (non-hydrogen) atoms. The first-order valence-electron chi connectivity index (χ1n) is 8.39. The second-order valence-corrected chi connectivity index (χ2v) is 6.63. The zero-order valence-corrected chi connectivity index (χ0v) is 13.6. The first-order chi connectivity index (χ1) is 12.3. The number of benzene rings is 1. The fourth-order valence-electron chi connectivity index (χ4n) is 4.04. The van der Waals surface area contributed by atoms with E-state index in [1.807, 2.05) is 12.1 Å². The van der Waals surface area contributed by atoms with E-state index >= 15 is 0 Å². The Bertz CT molecular complexity index is 841. The molecule has 1 aromatic heterocycles. The molecule has 5 rings (SSSR count). The lowest BCUT2D eigenvalue weighted by Crippen LogP contribution is -2.52. The van der Waals surface area contributed by atoms with Crippen LogP contribution in [0.3, 0.4) is 0 Å². The molecule has 0 bridgehead atoms. The molecule has 0 radical (unpaired) electrons. The van der Waals surface area contributed by atoms with Crippen LogP contribution in [0, 0.1) is 5.92 Å². The van der Waals surface area contributed by atoms with Gasteiger partial charge < -0.3 is 19.9 Å². The summed E-state index contributed by atoms with van der Waals surface area (Å²) in [5.41, 5.74) is 8.28. The predicted octanol–water partition coefficient (Wildman–Crippen LogP) is 1.48. The molecule has 2 aromatic rings. The van der Waals surface area contributed by atoms with Gasteiger partial charge >= 0.3 is 0 Å². The number of nitrogens with zero attached hydrogens (tertiary/aromatic N) is 3. The number of nitrogens with two attached hydrogens (primary N) is 1. The molecular weight excluding hydrogens is 320 g/mol. The fraction of sp³-hybridized carbons (Fsp3) is 0.389. The summed E-state index contributed by atoms with van der Waals surface area (Å²) in [5.74, 6) is 0.919. The van der Waals surface area contributed by atoms with Gasteiger partial charge in [-0.3, -0.25) is 0 Å². The van der Waals surface area contributed by atoms with Gasteiger partial charge in [0.2, 0.25) is 0 Å². The monoisotopic (exact) mass is 338 g/mol. The van der Waals surface area contributed by atoms with Crippen LogP contribution in [0.25, 0.3) is 11.1 Å². The van der Waals surface area contributed by atoms with E-state index in [2.05, 4.69) is 16.0 Å². The van der Waals surface area contributed by atoms with E-state index in [1.54, 1.807) is 12.4 Å². The zero-order chi connectivity index (χ0) is 16.9. The molecule has 1 saturated heterocycles. The number of hydrogen-bond acceptors (Lipinski definition) is 7. The van der Waals surface area contributed by atoms with Crippen LogP contribution in [0.1, 0.15) is 12.0 Å². The van der Waals surface area contributed by atoms with Crippen LogP contribution in [0.4, 0.5) is 0 Å². The molecule has 0 amide bonds. The van der Waals surface area contributed by atoms with Crippen molar-refractivity contribution in [3.63, 3.8) is 0 Å². The van der Waals surface area contributed by atoms with Crippen molar-refractivity contribution in [1.82, 2.24) is 9.97 Å². The minimum absolute atomic E-state index is 0.0606. The summed E-state index contributed by atoms with van der Waals surface area (Å²) in [4.78, 5) is 12.9. The van der Waals surface area contributed by atoms with Crippen LogP contribution in [0.15, 0.2) is 41.9 Å². The third-order valence-electron chi connectivity index (χ3n) is 5.27. The number of aliphatic imine (C=N–C) groups is 1. The smallest absolute Gasteiger partial charge is 0.283 e. The fourth-order valence-corrected chi connectivity index (χ4v) is 4.04. The van der Waals surface area contributed by atoms with E-state index < -0.39 is 5.54 Å². The van der Waals surface area contributed by atoms with Gasteiger partial charge in [-0.2, -0.15) is 0 Å². The quantitative estimate of drug-likeness (QED) is 0.847. The Morgan fingerprint density at radius 1 is 1.16 bits per heavy atom. The van der Waals surface area contributed by atoms with Gasteiger partial charge in [0.25, 0.3) is 6.02 Å². The van der Waals surface area contributed by atoms with Gasteiger partial charge in [-0.15, -0.1) is 0 Å². The Balaban J connectivity index is 1.68. The van der Waals surface area contributed by atoms with Crippen molar-refractivity contribution in [2.75, 3.05) is 19.8 Å². The molecule has 3 atom stereocenters. The van der Waals surface area contributed by atoms with Gasteiger partial charge in [0.15, 0.2) is 0 Å². The molecule has 7 nitrogen and oxygen atoms in total. The van der Waals surface area contributed by atoms with Crippen molar-refractivity contribution >= 4 is 6.02 Å². The van der Waals surface area contributed by atoms with Crippen molar-refractivity contribution in [3.8, 4) is 16.9 Å².